The molecule has 1 heterocycles. The van der Waals surface area contributed by atoms with Gasteiger partial charge in [-0.2, -0.15) is 8.42 Å². The standard InChI is InChI=1S/C23H21ClN4O3S/c1-17-23(31-28(27(17)2)20-11-7-4-8-12-20)25-22(18-9-5-3-6-10-18)26-32(29,30)21-15-13-19(24)14-16-21/h3-16H,1-2H3,(H,25,26). The van der Waals surface area contributed by atoms with Crippen molar-refractivity contribution in [1.82, 2.24) is 10.3 Å². The number of nitrogens with one attached hydrogen (secondary N) is 1. The molecule has 0 saturated carbocycles. The number of nitrogens with zero attached hydrogens (tertiary/aromatic N) is 3. The molecule has 7 nitrogen and oxygen atoms in total. The summed E-state index contributed by atoms with van der Waals surface area (Å²) in [4.78, 5) is 6.03. The highest BCUT2D eigenvalue weighted by molar-refractivity contribution is 7.90. The Kier molecular flexibility index (Phi) is 6.07. The molecular weight excluding hydrogens is 448 g/mol. The van der Waals surface area contributed by atoms with Gasteiger partial charge >= 0.3 is 0 Å². The first-order chi connectivity index (χ1) is 15.3. The summed E-state index contributed by atoms with van der Waals surface area (Å²) in [7, 11) is -2.15. The molecule has 0 unspecified atom stereocenters. The first-order valence-corrected chi connectivity index (χ1v) is 11.6. The zero-order chi connectivity index (χ0) is 22.7. The maximum atomic E-state index is 13.0. The molecule has 9 heteroatoms. The fourth-order valence-corrected chi connectivity index (χ4v) is 4.13. The molecule has 0 spiro atoms. The average Bonchev–Trinajstić information content (AvgIpc) is 3.08. The molecule has 0 fully saturated rings. The third-order valence-corrected chi connectivity index (χ3v) is 6.39. The van der Waals surface area contributed by atoms with Crippen molar-refractivity contribution in [3.8, 4) is 0 Å². The van der Waals surface area contributed by atoms with Crippen LogP contribution in [0, 0.1) is 0 Å². The van der Waals surface area contributed by atoms with Gasteiger partial charge in [-0.25, -0.2) is 0 Å². The lowest BCUT2D eigenvalue weighted by Crippen LogP contribution is -2.33. The Hall–Kier alpha value is -3.49. The molecule has 1 aliphatic heterocycles. The fraction of sp³-hybridized carbons (Fsp3) is 0.0870. The average molecular weight is 469 g/mol. The van der Waals surface area contributed by atoms with Gasteiger partial charge in [-0.3, -0.25) is 5.01 Å². The van der Waals surface area contributed by atoms with Crippen molar-refractivity contribution < 1.29 is 13.3 Å². The number of rotatable bonds is 5. The highest BCUT2D eigenvalue weighted by atomic mass is 35.5. The molecule has 0 amide bonds. The summed E-state index contributed by atoms with van der Waals surface area (Å²) in [5, 5.41) is 6.93. The van der Waals surface area contributed by atoms with Gasteiger partial charge in [0.2, 0.25) is 5.88 Å². The van der Waals surface area contributed by atoms with Crippen LogP contribution in [0.15, 0.2) is 106 Å². The lowest BCUT2D eigenvalue weighted by molar-refractivity contribution is 0.116. The molecular formula is C23H21ClN4O3S. The number of allylic oxidation sites excluding steroid dienone is 1. The third-order valence-electron chi connectivity index (χ3n) is 4.84. The molecule has 3 aromatic carbocycles. The summed E-state index contributed by atoms with van der Waals surface area (Å²) in [5.74, 6) is 0.503. The number of sulfonamides is 1. The molecule has 0 aromatic heterocycles. The second-order valence-electron chi connectivity index (χ2n) is 7.00. The van der Waals surface area contributed by atoms with Gasteiger partial charge in [0.15, 0.2) is 5.84 Å². The van der Waals surface area contributed by atoms with Crippen molar-refractivity contribution in [2.45, 2.75) is 11.8 Å². The second-order valence-corrected chi connectivity index (χ2v) is 9.04. The molecule has 32 heavy (non-hydrogen) atoms. The molecule has 1 aliphatic rings. The second kappa shape index (κ2) is 8.94. The predicted molar refractivity (Wildman–Crippen MR) is 125 cm³/mol. The third kappa shape index (κ3) is 4.56. The molecule has 164 valence electrons. The summed E-state index contributed by atoms with van der Waals surface area (Å²) < 4.78 is 30.1. The topological polar surface area (TPSA) is 74.2 Å². The Bertz CT molecular complexity index is 1260. The number of amidine groups is 1. The number of hydrazine groups is 1. The Balaban J connectivity index is 1.69. The lowest BCUT2D eigenvalue weighted by atomic mass is 10.2. The molecule has 3 aromatic rings. The van der Waals surface area contributed by atoms with Crippen molar-refractivity contribution >= 4 is 33.1 Å². The Morgan fingerprint density at radius 1 is 0.938 bits per heavy atom. The van der Waals surface area contributed by atoms with E-state index in [0.717, 1.165) is 11.4 Å². The summed E-state index contributed by atoms with van der Waals surface area (Å²) >= 11 is 5.90. The molecule has 1 N–H and O–H groups in total. The van der Waals surface area contributed by atoms with Crippen LogP contribution >= 0.6 is 11.6 Å². The summed E-state index contributed by atoms with van der Waals surface area (Å²) in [5.41, 5.74) is 2.16. The van der Waals surface area contributed by atoms with Gasteiger partial charge < -0.3 is 10.2 Å². The molecule has 0 saturated heterocycles. The van der Waals surface area contributed by atoms with Crippen LogP contribution in [0.3, 0.4) is 0 Å². The van der Waals surface area contributed by atoms with Crippen molar-refractivity contribution in [2.75, 3.05) is 12.2 Å². The molecule has 0 atom stereocenters. The Morgan fingerprint density at radius 2 is 1.53 bits per heavy atom. The highest BCUT2D eigenvalue weighted by Gasteiger charge is 2.29. The number of para-hydroxylation sites is 1. The minimum Gasteiger partial charge on any atom is -0.339 e. The monoisotopic (exact) mass is 468 g/mol. The quantitative estimate of drug-likeness (QED) is 0.437. The van der Waals surface area contributed by atoms with E-state index in [9.17, 15) is 8.42 Å². The van der Waals surface area contributed by atoms with Gasteiger partial charge in [0.1, 0.15) is 0 Å². The molecule has 0 aliphatic carbocycles. The minimum atomic E-state index is -4.00. The van der Waals surface area contributed by atoms with Gasteiger partial charge in [0.05, 0.1) is 16.3 Å². The van der Waals surface area contributed by atoms with Crippen LogP contribution in [0.2, 0.25) is 5.02 Å². The minimum absolute atomic E-state index is 0.0400. The molecule has 0 bridgehead atoms. The van der Waals surface area contributed by atoms with Gasteiger partial charge in [-0.1, -0.05) is 60.1 Å². The Labute approximate surface area is 192 Å². The van der Waals surface area contributed by atoms with Crippen molar-refractivity contribution in [2.24, 2.45) is 4.40 Å². The van der Waals surface area contributed by atoms with Gasteiger partial charge in [-0.15, -0.1) is 9.57 Å². The van der Waals surface area contributed by atoms with E-state index in [1.165, 1.54) is 24.3 Å². The first kappa shape index (κ1) is 21.7. The van der Waals surface area contributed by atoms with Gasteiger partial charge in [0, 0.05) is 17.6 Å². The summed E-state index contributed by atoms with van der Waals surface area (Å²) in [6, 6.07) is 24.4. The maximum Gasteiger partial charge on any atom is 0.284 e. The highest BCUT2D eigenvalue weighted by Crippen LogP contribution is 2.27. The van der Waals surface area contributed by atoms with Crippen LogP contribution in [0.1, 0.15) is 12.5 Å². The smallest absolute Gasteiger partial charge is 0.284 e. The largest absolute Gasteiger partial charge is 0.339 e. The Morgan fingerprint density at radius 3 is 2.16 bits per heavy atom. The van der Waals surface area contributed by atoms with Crippen molar-refractivity contribution in [3.63, 3.8) is 0 Å². The van der Waals surface area contributed by atoms with Crippen LogP contribution in [-0.4, -0.2) is 26.3 Å². The SMILES string of the molecule is CC1=C(NC(=NS(=O)(=O)c2ccc(Cl)cc2)c2ccccc2)ON(c2ccccc2)N1C. The summed E-state index contributed by atoms with van der Waals surface area (Å²) in [6.07, 6.45) is 0. The van der Waals surface area contributed by atoms with Crippen LogP contribution in [0.25, 0.3) is 0 Å². The number of benzene rings is 3. The maximum absolute atomic E-state index is 13.0. The number of halogens is 1. The van der Waals surface area contributed by atoms with Crippen LogP contribution < -0.4 is 10.5 Å². The van der Waals surface area contributed by atoms with E-state index in [1.807, 2.05) is 55.4 Å². The zero-order valence-electron chi connectivity index (χ0n) is 17.4. The lowest BCUT2D eigenvalue weighted by Gasteiger charge is -2.25. The summed E-state index contributed by atoms with van der Waals surface area (Å²) in [6.45, 7) is 1.86. The zero-order valence-corrected chi connectivity index (χ0v) is 19.0. The van der Waals surface area contributed by atoms with Crippen LogP contribution in [-0.2, 0) is 14.9 Å². The molecule has 0 radical (unpaired) electrons. The van der Waals surface area contributed by atoms with Crippen LogP contribution in [0.5, 0.6) is 0 Å². The predicted octanol–water partition coefficient (Wildman–Crippen LogP) is 4.55. The van der Waals surface area contributed by atoms with Gasteiger partial charge in [0.25, 0.3) is 10.0 Å². The number of anilines is 1. The van der Waals surface area contributed by atoms with E-state index >= 15 is 0 Å². The normalized spacial score (nSPS) is 14.5. The van der Waals surface area contributed by atoms with E-state index in [0.29, 0.717) is 16.5 Å². The van der Waals surface area contributed by atoms with Crippen molar-refractivity contribution in [1.29, 1.82) is 0 Å². The number of hydrogen-bond donors (Lipinski definition) is 1. The van der Waals surface area contributed by atoms with E-state index in [-0.39, 0.29) is 10.7 Å². The fourth-order valence-electron chi connectivity index (χ4n) is 3.02. The number of hydrogen-bond acceptors (Lipinski definition) is 5. The first-order valence-electron chi connectivity index (χ1n) is 9.76. The van der Waals surface area contributed by atoms with Crippen LogP contribution in [0.4, 0.5) is 5.69 Å². The van der Waals surface area contributed by atoms with E-state index < -0.39 is 10.0 Å². The molecule has 4 rings (SSSR count). The van der Waals surface area contributed by atoms with Crippen molar-refractivity contribution in [3.05, 3.63) is 107 Å². The van der Waals surface area contributed by atoms with Gasteiger partial charge in [-0.05, 0) is 43.3 Å². The van der Waals surface area contributed by atoms with E-state index in [1.54, 1.807) is 29.4 Å². The van der Waals surface area contributed by atoms with E-state index in [4.69, 9.17) is 16.4 Å². The van der Waals surface area contributed by atoms with E-state index in [2.05, 4.69) is 9.71 Å².